The number of hydrogen-bond donors (Lipinski definition) is 2. The molecule has 0 fully saturated rings. The van der Waals surface area contributed by atoms with E-state index in [9.17, 15) is 9.90 Å². The quantitative estimate of drug-likeness (QED) is 0.714. The molecular formula is C20H20N4O2. The number of para-hydroxylation sites is 2. The van der Waals surface area contributed by atoms with E-state index in [1.807, 2.05) is 37.3 Å². The standard InChI is InChI=1S/C20H20N4O2/c1-13-9-10-18(25)20-14(13)5-4-7-16(20)22-23-19(26)11-24-12-21-15-6-2-3-8-17(15)24/h2-3,6,8-10,12,25H,4-5,7,11H2,1H3,(H,23,26)/b22-16+. The monoisotopic (exact) mass is 348 g/mol. The van der Waals surface area contributed by atoms with Crippen LogP contribution in [0.1, 0.15) is 29.5 Å². The number of fused-ring (bicyclic) bond motifs is 2. The van der Waals surface area contributed by atoms with Crippen LogP contribution in [0.4, 0.5) is 0 Å². The zero-order chi connectivity index (χ0) is 18.1. The highest BCUT2D eigenvalue weighted by Gasteiger charge is 2.21. The van der Waals surface area contributed by atoms with Crippen molar-refractivity contribution >= 4 is 22.7 Å². The van der Waals surface area contributed by atoms with E-state index in [-0.39, 0.29) is 18.2 Å². The van der Waals surface area contributed by atoms with Crippen molar-refractivity contribution in [2.75, 3.05) is 0 Å². The first kappa shape index (κ1) is 16.3. The second-order valence-electron chi connectivity index (χ2n) is 6.56. The number of phenolic OH excluding ortho intramolecular Hbond substituents is 1. The molecule has 1 aliphatic carbocycles. The molecule has 0 bridgehead atoms. The van der Waals surface area contributed by atoms with Crippen LogP contribution in [0.15, 0.2) is 47.8 Å². The molecule has 0 spiro atoms. The number of phenols is 1. The molecule has 26 heavy (non-hydrogen) atoms. The van der Waals surface area contributed by atoms with Gasteiger partial charge in [0.25, 0.3) is 5.91 Å². The lowest BCUT2D eigenvalue weighted by Crippen LogP contribution is -2.25. The van der Waals surface area contributed by atoms with Crippen molar-refractivity contribution < 1.29 is 9.90 Å². The third kappa shape index (κ3) is 2.94. The van der Waals surface area contributed by atoms with Gasteiger partial charge in [0.1, 0.15) is 12.3 Å². The molecule has 6 nitrogen and oxygen atoms in total. The number of nitrogens with one attached hydrogen (secondary N) is 1. The van der Waals surface area contributed by atoms with E-state index >= 15 is 0 Å². The van der Waals surface area contributed by atoms with Gasteiger partial charge >= 0.3 is 0 Å². The van der Waals surface area contributed by atoms with Crippen molar-refractivity contribution in [3.63, 3.8) is 0 Å². The number of benzene rings is 2. The summed E-state index contributed by atoms with van der Waals surface area (Å²) in [4.78, 5) is 16.6. The average molecular weight is 348 g/mol. The fraction of sp³-hybridized carbons (Fsp3) is 0.250. The zero-order valence-electron chi connectivity index (χ0n) is 14.6. The number of aromatic nitrogens is 2. The van der Waals surface area contributed by atoms with Gasteiger partial charge in [0.15, 0.2) is 0 Å². The van der Waals surface area contributed by atoms with Crippen molar-refractivity contribution in [1.82, 2.24) is 15.0 Å². The molecular weight excluding hydrogens is 328 g/mol. The Kier molecular flexibility index (Phi) is 4.16. The number of aromatic hydroxyl groups is 1. The second-order valence-corrected chi connectivity index (χ2v) is 6.56. The lowest BCUT2D eigenvalue weighted by atomic mass is 9.86. The van der Waals surface area contributed by atoms with E-state index in [1.54, 1.807) is 17.0 Å². The highest BCUT2D eigenvalue weighted by atomic mass is 16.3. The van der Waals surface area contributed by atoms with Crippen molar-refractivity contribution in [3.05, 3.63) is 59.4 Å². The second kappa shape index (κ2) is 6.63. The number of hydrogen-bond acceptors (Lipinski definition) is 4. The van der Waals surface area contributed by atoms with Crippen LogP contribution in [0, 0.1) is 6.92 Å². The van der Waals surface area contributed by atoms with Gasteiger partial charge < -0.3 is 9.67 Å². The fourth-order valence-corrected chi connectivity index (χ4v) is 3.51. The summed E-state index contributed by atoms with van der Waals surface area (Å²) in [7, 11) is 0. The van der Waals surface area contributed by atoms with Gasteiger partial charge in [0.2, 0.25) is 0 Å². The summed E-state index contributed by atoms with van der Waals surface area (Å²) in [6.45, 7) is 2.17. The molecule has 4 rings (SSSR count). The third-order valence-electron chi connectivity index (χ3n) is 4.81. The minimum atomic E-state index is -0.222. The van der Waals surface area contributed by atoms with Crippen LogP contribution in [0.5, 0.6) is 5.75 Å². The van der Waals surface area contributed by atoms with Crippen molar-refractivity contribution in [2.24, 2.45) is 5.10 Å². The molecule has 2 N–H and O–H groups in total. The van der Waals surface area contributed by atoms with E-state index in [0.29, 0.717) is 0 Å². The molecule has 1 aromatic heterocycles. The van der Waals surface area contributed by atoms with Crippen molar-refractivity contribution in [2.45, 2.75) is 32.7 Å². The topological polar surface area (TPSA) is 79.5 Å². The van der Waals surface area contributed by atoms with E-state index in [0.717, 1.165) is 52.7 Å². The summed E-state index contributed by atoms with van der Waals surface area (Å²) in [5, 5.41) is 14.5. The van der Waals surface area contributed by atoms with E-state index in [1.165, 1.54) is 0 Å². The molecule has 2 aromatic carbocycles. The molecule has 0 saturated heterocycles. The number of imidazole rings is 1. The van der Waals surface area contributed by atoms with Gasteiger partial charge in [0.05, 0.1) is 23.1 Å². The summed E-state index contributed by atoms with van der Waals surface area (Å²) < 4.78 is 1.79. The van der Waals surface area contributed by atoms with Crippen molar-refractivity contribution in [1.29, 1.82) is 0 Å². The zero-order valence-corrected chi connectivity index (χ0v) is 14.6. The molecule has 1 amide bonds. The van der Waals surface area contributed by atoms with E-state index < -0.39 is 0 Å². The lowest BCUT2D eigenvalue weighted by molar-refractivity contribution is -0.121. The molecule has 0 unspecified atom stereocenters. The van der Waals surface area contributed by atoms with Crippen molar-refractivity contribution in [3.8, 4) is 5.75 Å². The smallest absolute Gasteiger partial charge is 0.260 e. The molecule has 0 atom stereocenters. The van der Waals surface area contributed by atoms with Gasteiger partial charge in [-0.2, -0.15) is 5.10 Å². The summed E-state index contributed by atoms with van der Waals surface area (Å²) in [5.74, 6) is -0.00109. The van der Waals surface area contributed by atoms with Crippen LogP contribution in [0.3, 0.4) is 0 Å². The van der Waals surface area contributed by atoms with Crippen LogP contribution in [-0.4, -0.2) is 26.3 Å². The van der Waals surface area contributed by atoms with Gasteiger partial charge in [-0.3, -0.25) is 4.79 Å². The summed E-state index contributed by atoms with van der Waals surface area (Å²) >= 11 is 0. The van der Waals surface area contributed by atoms with Gasteiger partial charge in [-0.05, 0) is 55.5 Å². The maximum absolute atomic E-state index is 12.3. The van der Waals surface area contributed by atoms with Crippen LogP contribution in [0.25, 0.3) is 11.0 Å². The first-order valence-corrected chi connectivity index (χ1v) is 8.70. The van der Waals surface area contributed by atoms with Crippen LogP contribution in [0.2, 0.25) is 0 Å². The SMILES string of the molecule is Cc1ccc(O)c2c1CCC/C2=N\NC(=O)Cn1cnc2ccccc21. The number of amides is 1. The minimum absolute atomic E-state index is 0.143. The largest absolute Gasteiger partial charge is 0.507 e. The highest BCUT2D eigenvalue weighted by Crippen LogP contribution is 2.31. The molecule has 1 heterocycles. The molecule has 0 aliphatic heterocycles. The predicted molar refractivity (Wildman–Crippen MR) is 100 cm³/mol. The first-order valence-electron chi connectivity index (χ1n) is 8.70. The fourth-order valence-electron chi connectivity index (χ4n) is 3.51. The van der Waals surface area contributed by atoms with E-state index in [4.69, 9.17) is 0 Å². The number of rotatable bonds is 3. The minimum Gasteiger partial charge on any atom is -0.507 e. The summed E-state index contributed by atoms with van der Waals surface area (Å²) in [6, 6.07) is 11.3. The summed E-state index contributed by atoms with van der Waals surface area (Å²) in [6.07, 6.45) is 4.27. The number of nitrogens with zero attached hydrogens (tertiary/aromatic N) is 3. The van der Waals surface area contributed by atoms with Crippen LogP contribution in [-0.2, 0) is 17.8 Å². The predicted octanol–water partition coefficient (Wildman–Crippen LogP) is 2.91. The third-order valence-corrected chi connectivity index (χ3v) is 4.81. The molecule has 132 valence electrons. The maximum Gasteiger partial charge on any atom is 0.260 e. The Labute approximate surface area is 151 Å². The average Bonchev–Trinajstić information content (AvgIpc) is 3.06. The number of carbonyl (C=O) groups excluding carboxylic acids is 1. The Morgan fingerprint density at radius 1 is 1.27 bits per heavy atom. The maximum atomic E-state index is 12.3. The lowest BCUT2D eigenvalue weighted by Gasteiger charge is -2.21. The molecule has 1 aliphatic rings. The number of hydrazone groups is 1. The summed E-state index contributed by atoms with van der Waals surface area (Å²) in [5.41, 5.74) is 8.15. The van der Waals surface area contributed by atoms with Gasteiger partial charge in [0, 0.05) is 5.56 Å². The van der Waals surface area contributed by atoms with Gasteiger partial charge in [-0.15, -0.1) is 0 Å². The molecule has 0 saturated carbocycles. The Morgan fingerprint density at radius 2 is 2.12 bits per heavy atom. The highest BCUT2D eigenvalue weighted by molar-refractivity contribution is 6.05. The first-order chi connectivity index (χ1) is 12.6. The molecule has 3 aromatic rings. The van der Waals surface area contributed by atoms with E-state index in [2.05, 4.69) is 15.5 Å². The molecule has 0 radical (unpaired) electrons. The Morgan fingerprint density at radius 3 is 3.00 bits per heavy atom. The Balaban J connectivity index is 1.54. The van der Waals surface area contributed by atoms with Crippen LogP contribution >= 0.6 is 0 Å². The Bertz CT molecular complexity index is 1020. The Hall–Kier alpha value is -3.15. The normalized spacial score (nSPS) is 15.2. The molecule has 6 heteroatoms. The van der Waals surface area contributed by atoms with Gasteiger partial charge in [-0.25, -0.2) is 10.4 Å². The number of aryl methyl sites for hydroxylation is 1. The number of carbonyl (C=O) groups is 1. The van der Waals surface area contributed by atoms with Crippen LogP contribution < -0.4 is 5.43 Å². The van der Waals surface area contributed by atoms with Gasteiger partial charge in [-0.1, -0.05) is 18.2 Å².